The fourth-order valence-corrected chi connectivity index (χ4v) is 2.45. The Bertz CT molecular complexity index is 1060. The average molecular weight is 362 g/mol. The minimum atomic E-state index is -0.954. The molecule has 2 N–H and O–H groups in total. The van der Waals surface area contributed by atoms with E-state index in [-0.39, 0.29) is 5.69 Å². The molecule has 8 nitrogen and oxygen atoms in total. The molecule has 2 amide bonds. The molecule has 0 heterocycles. The third-order valence-corrected chi connectivity index (χ3v) is 3.70. The molecule has 8 heteroatoms. The lowest BCUT2D eigenvalue weighted by atomic mass is 10.1. The molecule has 27 heavy (non-hydrogen) atoms. The quantitative estimate of drug-likeness (QED) is 0.321. The first kappa shape index (κ1) is 17.7. The van der Waals surface area contributed by atoms with Gasteiger partial charge in [-0.15, -0.1) is 0 Å². The second-order valence-electron chi connectivity index (χ2n) is 5.53. The minimum Gasteiger partial charge on any atom is -0.317 e. The van der Waals surface area contributed by atoms with Crippen LogP contribution in [0.1, 0.15) is 5.56 Å². The Labute approximate surface area is 153 Å². The third-order valence-electron chi connectivity index (χ3n) is 3.70. The van der Waals surface area contributed by atoms with E-state index in [4.69, 9.17) is 0 Å². The van der Waals surface area contributed by atoms with Crippen molar-refractivity contribution in [1.29, 1.82) is 0 Å². The van der Waals surface area contributed by atoms with Gasteiger partial charge in [-0.05, 0) is 11.5 Å². The summed E-state index contributed by atoms with van der Waals surface area (Å²) in [5.74, 6) is -1.83. The van der Waals surface area contributed by atoms with Crippen LogP contribution in [0.5, 0.6) is 0 Å². The van der Waals surface area contributed by atoms with Crippen LogP contribution in [0.4, 0.5) is 11.4 Å². The number of nitrogens with one attached hydrogen (secondary N) is 2. The van der Waals surface area contributed by atoms with E-state index in [0.29, 0.717) is 11.3 Å². The van der Waals surface area contributed by atoms with E-state index >= 15 is 0 Å². The first-order valence-electron chi connectivity index (χ1n) is 7.91. The normalized spacial score (nSPS) is 10.7. The Hall–Kier alpha value is -4.07. The van der Waals surface area contributed by atoms with Gasteiger partial charge in [0, 0.05) is 28.8 Å². The number of nitrogens with zero attached hydrogens (tertiary/aromatic N) is 2. The van der Waals surface area contributed by atoms with Crippen molar-refractivity contribution in [3.8, 4) is 0 Å². The third kappa shape index (κ3) is 4.31. The predicted molar refractivity (Wildman–Crippen MR) is 101 cm³/mol. The zero-order chi connectivity index (χ0) is 19.2. The molecule has 0 saturated heterocycles. The lowest BCUT2D eigenvalue weighted by Crippen LogP contribution is -2.32. The van der Waals surface area contributed by atoms with Crippen molar-refractivity contribution in [2.45, 2.75) is 0 Å². The Balaban J connectivity index is 1.65. The zero-order valence-corrected chi connectivity index (χ0v) is 14.0. The van der Waals surface area contributed by atoms with Gasteiger partial charge in [0.1, 0.15) is 0 Å². The van der Waals surface area contributed by atoms with Gasteiger partial charge in [0.2, 0.25) is 0 Å². The fourth-order valence-electron chi connectivity index (χ4n) is 2.45. The van der Waals surface area contributed by atoms with Gasteiger partial charge in [0.05, 0.1) is 11.1 Å². The number of amides is 2. The topological polar surface area (TPSA) is 114 Å². The maximum Gasteiger partial charge on any atom is 0.329 e. The Kier molecular flexibility index (Phi) is 5.17. The first-order chi connectivity index (χ1) is 13.0. The van der Waals surface area contributed by atoms with Crippen LogP contribution < -0.4 is 10.7 Å². The standard InChI is InChI=1S/C19H14N4O4/c24-18(21-17-10-4-7-14-6-1-2-9-16(14)17)19(25)22-20-12-13-5-3-8-15(11-13)23(26)27/h1-12H,(H,21,24)(H,22,25)/b20-12-. The Morgan fingerprint density at radius 3 is 2.52 bits per heavy atom. The van der Waals surface area contributed by atoms with Gasteiger partial charge < -0.3 is 5.32 Å². The molecule has 3 aromatic carbocycles. The number of fused-ring (bicyclic) bond motifs is 1. The summed E-state index contributed by atoms with van der Waals surface area (Å²) in [5.41, 5.74) is 2.92. The number of carbonyl (C=O) groups is 2. The summed E-state index contributed by atoms with van der Waals surface area (Å²) in [6, 6.07) is 18.5. The summed E-state index contributed by atoms with van der Waals surface area (Å²) in [7, 11) is 0. The second-order valence-corrected chi connectivity index (χ2v) is 5.53. The average Bonchev–Trinajstić information content (AvgIpc) is 2.68. The van der Waals surface area contributed by atoms with Crippen molar-refractivity contribution in [1.82, 2.24) is 5.43 Å². The number of benzene rings is 3. The van der Waals surface area contributed by atoms with E-state index in [1.54, 1.807) is 18.2 Å². The van der Waals surface area contributed by atoms with Crippen LogP contribution in [-0.2, 0) is 9.59 Å². The predicted octanol–water partition coefficient (Wildman–Crippen LogP) is 2.84. The van der Waals surface area contributed by atoms with Gasteiger partial charge in [0.15, 0.2) is 0 Å². The highest BCUT2D eigenvalue weighted by molar-refractivity contribution is 6.40. The number of hydrogen-bond donors (Lipinski definition) is 2. The van der Waals surface area contributed by atoms with Gasteiger partial charge in [-0.1, -0.05) is 48.5 Å². The van der Waals surface area contributed by atoms with Gasteiger partial charge in [-0.2, -0.15) is 5.10 Å². The van der Waals surface area contributed by atoms with Crippen molar-refractivity contribution in [2.24, 2.45) is 5.10 Å². The molecule has 3 rings (SSSR count). The van der Waals surface area contributed by atoms with E-state index in [1.807, 2.05) is 30.3 Å². The number of nitro benzene ring substituents is 1. The number of hydrazone groups is 1. The van der Waals surface area contributed by atoms with Crippen LogP contribution in [0.2, 0.25) is 0 Å². The largest absolute Gasteiger partial charge is 0.329 e. The van der Waals surface area contributed by atoms with Crippen LogP contribution in [0.25, 0.3) is 10.8 Å². The molecule has 134 valence electrons. The highest BCUT2D eigenvalue weighted by Gasteiger charge is 2.14. The molecule has 0 atom stereocenters. The smallest absolute Gasteiger partial charge is 0.317 e. The number of anilines is 1. The molecule has 0 unspecified atom stereocenters. The summed E-state index contributed by atoms with van der Waals surface area (Å²) < 4.78 is 0. The summed E-state index contributed by atoms with van der Waals surface area (Å²) in [6.07, 6.45) is 1.22. The van der Waals surface area contributed by atoms with Crippen LogP contribution >= 0.6 is 0 Å². The van der Waals surface area contributed by atoms with Crippen LogP contribution in [0.3, 0.4) is 0 Å². The van der Waals surface area contributed by atoms with E-state index < -0.39 is 16.7 Å². The molecule has 0 aliphatic heterocycles. The molecule has 0 bridgehead atoms. The number of non-ortho nitro benzene ring substituents is 1. The Morgan fingerprint density at radius 2 is 1.70 bits per heavy atom. The van der Waals surface area contributed by atoms with Gasteiger partial charge in [-0.25, -0.2) is 5.43 Å². The molecular formula is C19H14N4O4. The SMILES string of the molecule is O=C(N/N=C\c1cccc([N+](=O)[O-])c1)C(=O)Nc1cccc2ccccc12. The molecule has 3 aromatic rings. The number of hydrogen-bond acceptors (Lipinski definition) is 5. The lowest BCUT2D eigenvalue weighted by molar-refractivity contribution is -0.384. The minimum absolute atomic E-state index is 0.0982. The van der Waals surface area contributed by atoms with Crippen molar-refractivity contribution in [3.63, 3.8) is 0 Å². The maximum atomic E-state index is 12.1. The number of rotatable bonds is 4. The highest BCUT2D eigenvalue weighted by atomic mass is 16.6. The van der Waals surface area contributed by atoms with Crippen LogP contribution in [0.15, 0.2) is 71.8 Å². The summed E-state index contributed by atoms with van der Waals surface area (Å²) in [6.45, 7) is 0. The monoisotopic (exact) mass is 362 g/mol. The van der Waals surface area contributed by atoms with E-state index in [2.05, 4.69) is 15.8 Å². The molecule has 0 saturated carbocycles. The molecule has 0 fully saturated rings. The van der Waals surface area contributed by atoms with Crippen LogP contribution in [-0.4, -0.2) is 23.0 Å². The van der Waals surface area contributed by atoms with Gasteiger partial charge in [0.25, 0.3) is 5.69 Å². The second kappa shape index (κ2) is 7.87. The molecule has 0 spiro atoms. The zero-order valence-electron chi connectivity index (χ0n) is 14.0. The van der Waals surface area contributed by atoms with E-state index in [9.17, 15) is 19.7 Å². The van der Waals surface area contributed by atoms with E-state index in [0.717, 1.165) is 10.8 Å². The lowest BCUT2D eigenvalue weighted by Gasteiger charge is -2.07. The molecular weight excluding hydrogens is 348 g/mol. The summed E-state index contributed by atoms with van der Waals surface area (Å²) in [4.78, 5) is 34.2. The molecule has 0 aliphatic carbocycles. The summed E-state index contributed by atoms with van der Waals surface area (Å²) >= 11 is 0. The van der Waals surface area contributed by atoms with Crippen molar-refractivity contribution >= 4 is 40.2 Å². The fraction of sp³-hybridized carbons (Fsp3) is 0. The van der Waals surface area contributed by atoms with E-state index in [1.165, 1.54) is 24.4 Å². The van der Waals surface area contributed by atoms with Gasteiger partial charge >= 0.3 is 11.8 Å². The highest BCUT2D eigenvalue weighted by Crippen LogP contribution is 2.22. The van der Waals surface area contributed by atoms with Crippen molar-refractivity contribution in [2.75, 3.05) is 5.32 Å². The maximum absolute atomic E-state index is 12.1. The molecule has 0 radical (unpaired) electrons. The summed E-state index contributed by atoms with van der Waals surface area (Å²) in [5, 5.41) is 18.7. The molecule has 0 aromatic heterocycles. The van der Waals surface area contributed by atoms with Crippen molar-refractivity contribution < 1.29 is 14.5 Å². The molecule has 0 aliphatic rings. The Morgan fingerprint density at radius 1 is 0.963 bits per heavy atom. The van der Waals surface area contributed by atoms with Crippen LogP contribution in [0, 0.1) is 10.1 Å². The number of nitro groups is 1. The van der Waals surface area contributed by atoms with Gasteiger partial charge in [-0.3, -0.25) is 19.7 Å². The number of carbonyl (C=O) groups excluding carboxylic acids is 2. The van der Waals surface area contributed by atoms with Crippen molar-refractivity contribution in [3.05, 3.63) is 82.4 Å². The first-order valence-corrected chi connectivity index (χ1v) is 7.91.